The number of nitrogens with zero attached hydrogens (tertiary/aromatic N) is 3. The molecule has 23 heavy (non-hydrogen) atoms. The number of nitro benzene ring substituents is 1. The summed E-state index contributed by atoms with van der Waals surface area (Å²) < 4.78 is 15.1. The van der Waals surface area contributed by atoms with Crippen LogP contribution < -0.4 is 14.8 Å². The van der Waals surface area contributed by atoms with Gasteiger partial charge in [-0.2, -0.15) is 0 Å². The molecule has 0 aliphatic heterocycles. The van der Waals surface area contributed by atoms with Crippen molar-refractivity contribution >= 4 is 28.1 Å². The monoisotopic (exact) mass is 316 g/mol. The number of fused-ring (bicyclic) bond motifs is 1. The lowest BCUT2D eigenvalue weighted by Crippen LogP contribution is -1.97. The second-order valence-corrected chi connectivity index (χ2v) is 4.54. The highest BCUT2D eigenvalue weighted by atomic mass is 16.6. The molecule has 0 fully saturated rings. The van der Waals surface area contributed by atoms with Gasteiger partial charge in [0.2, 0.25) is 5.52 Å². The minimum atomic E-state index is -0.539. The van der Waals surface area contributed by atoms with Crippen LogP contribution in [0.4, 0.5) is 17.1 Å². The summed E-state index contributed by atoms with van der Waals surface area (Å²) in [7, 11) is 3.09. The number of anilines is 2. The van der Waals surface area contributed by atoms with Crippen molar-refractivity contribution in [1.82, 2.24) is 10.3 Å². The van der Waals surface area contributed by atoms with Gasteiger partial charge in [-0.1, -0.05) is 0 Å². The number of nitrogens with one attached hydrogen (secondary N) is 1. The van der Waals surface area contributed by atoms with Crippen LogP contribution in [0.3, 0.4) is 0 Å². The number of methoxy groups -OCH3 is 2. The van der Waals surface area contributed by atoms with Crippen molar-refractivity contribution in [3.63, 3.8) is 0 Å². The van der Waals surface area contributed by atoms with Gasteiger partial charge in [0.1, 0.15) is 11.5 Å². The summed E-state index contributed by atoms with van der Waals surface area (Å²) in [4.78, 5) is 10.5. The third kappa shape index (κ3) is 2.59. The van der Waals surface area contributed by atoms with Crippen LogP contribution in [0.5, 0.6) is 11.5 Å². The Morgan fingerprint density at radius 1 is 1.09 bits per heavy atom. The van der Waals surface area contributed by atoms with Crippen LogP contribution in [0.1, 0.15) is 0 Å². The summed E-state index contributed by atoms with van der Waals surface area (Å²) >= 11 is 0. The molecule has 118 valence electrons. The van der Waals surface area contributed by atoms with Gasteiger partial charge in [0, 0.05) is 12.1 Å². The molecule has 1 N–H and O–H groups in total. The zero-order chi connectivity index (χ0) is 16.4. The molecule has 3 aromatic rings. The second-order valence-electron chi connectivity index (χ2n) is 4.54. The summed E-state index contributed by atoms with van der Waals surface area (Å²) in [5.41, 5.74) is 1.26. The zero-order valence-corrected chi connectivity index (χ0v) is 12.3. The van der Waals surface area contributed by atoms with Gasteiger partial charge < -0.3 is 14.8 Å². The van der Waals surface area contributed by atoms with E-state index in [9.17, 15) is 10.1 Å². The Balaban J connectivity index is 2.07. The molecule has 0 spiro atoms. The van der Waals surface area contributed by atoms with Crippen molar-refractivity contribution in [2.24, 2.45) is 0 Å². The number of rotatable bonds is 5. The maximum Gasteiger partial charge on any atom is 0.300 e. The number of benzene rings is 2. The smallest absolute Gasteiger partial charge is 0.300 e. The summed E-state index contributed by atoms with van der Waals surface area (Å²) in [6.45, 7) is 0. The molecule has 0 atom stereocenters. The molecule has 0 bridgehead atoms. The van der Waals surface area contributed by atoms with E-state index in [4.69, 9.17) is 9.47 Å². The normalized spacial score (nSPS) is 10.5. The van der Waals surface area contributed by atoms with E-state index < -0.39 is 4.92 Å². The fourth-order valence-electron chi connectivity index (χ4n) is 2.16. The fraction of sp³-hybridized carbons (Fsp3) is 0.143. The number of hydrogen-bond donors (Lipinski definition) is 1. The van der Waals surface area contributed by atoms with E-state index in [0.717, 1.165) is 0 Å². The highest BCUT2D eigenvalue weighted by Crippen LogP contribution is 2.35. The van der Waals surface area contributed by atoms with Crippen molar-refractivity contribution in [2.75, 3.05) is 19.5 Å². The Morgan fingerprint density at radius 3 is 2.57 bits per heavy atom. The van der Waals surface area contributed by atoms with E-state index in [-0.39, 0.29) is 16.7 Å². The molecule has 0 unspecified atom stereocenters. The van der Waals surface area contributed by atoms with Gasteiger partial charge in [-0.3, -0.25) is 10.1 Å². The molecule has 9 heteroatoms. The fourth-order valence-corrected chi connectivity index (χ4v) is 2.16. The van der Waals surface area contributed by atoms with E-state index in [1.165, 1.54) is 19.2 Å². The topological polar surface area (TPSA) is 113 Å². The highest BCUT2D eigenvalue weighted by Gasteiger charge is 2.20. The number of hydrogen-bond acceptors (Lipinski definition) is 8. The van der Waals surface area contributed by atoms with Crippen molar-refractivity contribution in [2.45, 2.75) is 0 Å². The molecular formula is C14H12N4O5. The lowest BCUT2D eigenvalue weighted by Gasteiger charge is -2.12. The lowest BCUT2D eigenvalue weighted by molar-refractivity contribution is -0.383. The summed E-state index contributed by atoms with van der Waals surface area (Å²) in [5, 5.41) is 21.4. The highest BCUT2D eigenvalue weighted by molar-refractivity contribution is 5.95. The minimum absolute atomic E-state index is 0.0712. The Bertz CT molecular complexity index is 877. The Morgan fingerprint density at radius 2 is 1.87 bits per heavy atom. The van der Waals surface area contributed by atoms with Crippen LogP contribution in [0.15, 0.2) is 35.0 Å². The first-order chi connectivity index (χ1) is 11.1. The molecule has 0 aliphatic carbocycles. The molecule has 3 rings (SSSR count). The average molecular weight is 316 g/mol. The zero-order valence-electron chi connectivity index (χ0n) is 12.3. The maximum atomic E-state index is 11.0. The summed E-state index contributed by atoms with van der Waals surface area (Å²) in [5.74, 6) is 1.21. The predicted octanol–water partition coefficient (Wildman–Crippen LogP) is 2.89. The largest absolute Gasteiger partial charge is 0.497 e. The van der Waals surface area contributed by atoms with Crippen LogP contribution >= 0.6 is 0 Å². The van der Waals surface area contributed by atoms with E-state index in [2.05, 4.69) is 20.3 Å². The van der Waals surface area contributed by atoms with Crippen LogP contribution in [-0.2, 0) is 0 Å². The third-order valence-electron chi connectivity index (χ3n) is 3.27. The standard InChI is InChI=1S/C14H12N4O5/c1-21-8-3-6-12(22-2)10(7-8)15-9-4-5-11(18(19)20)14-13(9)16-23-17-14/h3-7,15H,1-2H3. The van der Waals surface area contributed by atoms with Gasteiger partial charge in [0.15, 0.2) is 5.52 Å². The first-order valence-electron chi connectivity index (χ1n) is 6.52. The van der Waals surface area contributed by atoms with E-state index in [0.29, 0.717) is 22.9 Å². The SMILES string of the molecule is COc1ccc(OC)c(Nc2ccc([N+](=O)[O-])c3nonc23)c1. The van der Waals surface area contributed by atoms with Gasteiger partial charge in [-0.15, -0.1) is 0 Å². The average Bonchev–Trinajstić information content (AvgIpc) is 3.04. The molecule has 0 saturated carbocycles. The van der Waals surface area contributed by atoms with Crippen LogP contribution in [0.25, 0.3) is 11.0 Å². The van der Waals surface area contributed by atoms with Crippen molar-refractivity contribution in [1.29, 1.82) is 0 Å². The molecule has 0 saturated heterocycles. The van der Waals surface area contributed by atoms with Gasteiger partial charge in [0.25, 0.3) is 0 Å². The van der Waals surface area contributed by atoms with Crippen LogP contribution in [0, 0.1) is 10.1 Å². The van der Waals surface area contributed by atoms with Crippen LogP contribution in [-0.4, -0.2) is 29.5 Å². The Labute approximate surface area is 129 Å². The molecule has 9 nitrogen and oxygen atoms in total. The van der Waals surface area contributed by atoms with E-state index >= 15 is 0 Å². The number of nitro groups is 1. The number of non-ortho nitro benzene ring substituents is 1. The first kappa shape index (κ1) is 14.6. The minimum Gasteiger partial charge on any atom is -0.497 e. The van der Waals surface area contributed by atoms with Crippen LogP contribution in [0.2, 0.25) is 0 Å². The van der Waals surface area contributed by atoms with Gasteiger partial charge in [-0.25, -0.2) is 4.63 Å². The molecule has 0 aliphatic rings. The van der Waals surface area contributed by atoms with E-state index in [1.54, 1.807) is 25.3 Å². The number of ether oxygens (including phenoxy) is 2. The van der Waals surface area contributed by atoms with Gasteiger partial charge in [0.05, 0.1) is 30.5 Å². The lowest BCUT2D eigenvalue weighted by atomic mass is 10.2. The molecule has 1 heterocycles. The molecular weight excluding hydrogens is 304 g/mol. The molecule has 0 amide bonds. The predicted molar refractivity (Wildman–Crippen MR) is 81.3 cm³/mol. The first-order valence-corrected chi connectivity index (χ1v) is 6.52. The molecule has 2 aromatic carbocycles. The maximum absolute atomic E-state index is 11.0. The molecule has 0 radical (unpaired) electrons. The van der Waals surface area contributed by atoms with Crippen molar-refractivity contribution in [3.05, 3.63) is 40.4 Å². The summed E-state index contributed by atoms with van der Waals surface area (Å²) in [6.07, 6.45) is 0. The Kier molecular flexibility index (Phi) is 3.67. The third-order valence-corrected chi connectivity index (χ3v) is 3.27. The quantitative estimate of drug-likeness (QED) is 0.564. The second kappa shape index (κ2) is 5.79. The molecule has 1 aromatic heterocycles. The van der Waals surface area contributed by atoms with E-state index in [1.807, 2.05) is 0 Å². The van der Waals surface area contributed by atoms with Crippen molar-refractivity contribution in [3.8, 4) is 11.5 Å². The van der Waals surface area contributed by atoms with Gasteiger partial charge >= 0.3 is 5.69 Å². The van der Waals surface area contributed by atoms with Gasteiger partial charge in [-0.05, 0) is 28.5 Å². The number of aromatic nitrogens is 2. The summed E-state index contributed by atoms with van der Waals surface area (Å²) in [6, 6.07) is 8.10. The van der Waals surface area contributed by atoms with Crippen molar-refractivity contribution < 1.29 is 19.0 Å². The Hall–Kier alpha value is -3.36.